The number of halogens is 1. The van der Waals surface area contributed by atoms with Crippen LogP contribution >= 0.6 is 0 Å². The Kier molecular flexibility index (Phi) is 2.94. The highest BCUT2D eigenvalue weighted by atomic mass is 19.1. The van der Waals surface area contributed by atoms with Crippen LogP contribution in [0.2, 0.25) is 0 Å². The molecule has 0 fully saturated rings. The first-order valence-corrected chi connectivity index (χ1v) is 6.25. The van der Waals surface area contributed by atoms with E-state index in [4.69, 9.17) is 0 Å². The molecule has 0 aliphatic carbocycles. The van der Waals surface area contributed by atoms with Gasteiger partial charge in [-0.1, -0.05) is 12.1 Å². The van der Waals surface area contributed by atoms with Gasteiger partial charge in [-0.3, -0.25) is 0 Å². The number of aliphatic hydroxyl groups is 1. The molecule has 0 amide bonds. The Morgan fingerprint density at radius 2 is 2.21 bits per heavy atom. The van der Waals surface area contributed by atoms with Crippen LogP contribution in [0.15, 0.2) is 24.5 Å². The van der Waals surface area contributed by atoms with Gasteiger partial charge in [-0.2, -0.15) is 0 Å². The van der Waals surface area contributed by atoms with Gasteiger partial charge in [0.25, 0.3) is 0 Å². The normalized spacial score (nSPS) is 16.3. The molecule has 0 radical (unpaired) electrons. The van der Waals surface area contributed by atoms with Gasteiger partial charge in [0, 0.05) is 18.7 Å². The average molecular weight is 262 g/mol. The minimum Gasteiger partial charge on any atom is -0.389 e. The molecule has 19 heavy (non-hydrogen) atoms. The topological polar surface area (TPSA) is 54.2 Å². The third-order valence-electron chi connectivity index (χ3n) is 3.42. The molecule has 1 aromatic heterocycles. The van der Waals surface area contributed by atoms with E-state index in [-0.39, 0.29) is 5.82 Å². The maximum absolute atomic E-state index is 14.1. The van der Waals surface area contributed by atoms with Crippen LogP contribution in [0.4, 0.5) is 10.1 Å². The van der Waals surface area contributed by atoms with E-state index in [1.807, 2.05) is 9.47 Å². The molecule has 1 aliphatic rings. The molecule has 0 saturated heterocycles. The number of benzene rings is 1. The largest absolute Gasteiger partial charge is 0.389 e. The number of nitrogens with zero attached hydrogens (tertiary/aromatic N) is 4. The fourth-order valence-corrected chi connectivity index (χ4v) is 2.46. The van der Waals surface area contributed by atoms with Crippen LogP contribution in [-0.4, -0.2) is 26.4 Å². The molecule has 3 rings (SSSR count). The van der Waals surface area contributed by atoms with Gasteiger partial charge in [-0.05, 0) is 13.0 Å². The number of fused-ring (bicyclic) bond motifs is 1. The molecular formula is C13H15FN4O. The molecule has 0 spiro atoms. The van der Waals surface area contributed by atoms with Crippen molar-refractivity contribution in [3.63, 3.8) is 0 Å². The summed E-state index contributed by atoms with van der Waals surface area (Å²) in [6, 6.07) is 4.79. The van der Waals surface area contributed by atoms with Crippen LogP contribution in [0.3, 0.4) is 0 Å². The number of aliphatic hydroxyl groups excluding tert-OH is 1. The van der Waals surface area contributed by atoms with E-state index < -0.39 is 6.10 Å². The Morgan fingerprint density at radius 3 is 3.00 bits per heavy atom. The maximum atomic E-state index is 14.1. The number of aromatic nitrogens is 3. The second kappa shape index (κ2) is 4.62. The second-order valence-corrected chi connectivity index (χ2v) is 4.72. The van der Waals surface area contributed by atoms with Crippen molar-refractivity contribution in [3.05, 3.63) is 41.7 Å². The summed E-state index contributed by atoms with van der Waals surface area (Å²) < 4.78 is 16.1. The zero-order chi connectivity index (χ0) is 13.4. The van der Waals surface area contributed by atoms with Crippen LogP contribution in [0.25, 0.3) is 0 Å². The molecule has 0 saturated carbocycles. The predicted molar refractivity (Wildman–Crippen MR) is 68.1 cm³/mol. The van der Waals surface area contributed by atoms with E-state index in [1.54, 1.807) is 25.4 Å². The maximum Gasteiger partial charge on any atom is 0.152 e. The average Bonchev–Trinajstić information content (AvgIpc) is 2.85. The summed E-state index contributed by atoms with van der Waals surface area (Å²) in [5.41, 5.74) is 1.07. The summed E-state index contributed by atoms with van der Waals surface area (Å²) >= 11 is 0. The van der Waals surface area contributed by atoms with E-state index >= 15 is 0 Å². The smallest absolute Gasteiger partial charge is 0.152 e. The van der Waals surface area contributed by atoms with Crippen LogP contribution < -0.4 is 4.90 Å². The third-order valence-corrected chi connectivity index (χ3v) is 3.42. The number of anilines is 1. The van der Waals surface area contributed by atoms with Crippen molar-refractivity contribution in [1.82, 2.24) is 14.8 Å². The van der Waals surface area contributed by atoms with E-state index in [9.17, 15) is 9.50 Å². The molecule has 0 bridgehead atoms. The first-order chi connectivity index (χ1) is 9.16. The zero-order valence-electron chi connectivity index (χ0n) is 10.6. The fourth-order valence-electron chi connectivity index (χ4n) is 2.46. The van der Waals surface area contributed by atoms with Crippen molar-refractivity contribution in [2.75, 3.05) is 11.4 Å². The minimum atomic E-state index is -0.703. The summed E-state index contributed by atoms with van der Waals surface area (Å²) in [6.07, 6.45) is 0.981. The van der Waals surface area contributed by atoms with Gasteiger partial charge in [-0.25, -0.2) is 4.39 Å². The lowest BCUT2D eigenvalue weighted by Gasteiger charge is -2.31. The summed E-state index contributed by atoms with van der Waals surface area (Å²) in [6.45, 7) is 3.53. The van der Waals surface area contributed by atoms with Gasteiger partial charge >= 0.3 is 0 Å². The van der Waals surface area contributed by atoms with E-state index in [0.717, 1.165) is 12.4 Å². The second-order valence-electron chi connectivity index (χ2n) is 4.72. The van der Waals surface area contributed by atoms with Crippen LogP contribution in [0.1, 0.15) is 24.4 Å². The van der Waals surface area contributed by atoms with E-state index in [2.05, 4.69) is 10.2 Å². The molecule has 100 valence electrons. The van der Waals surface area contributed by atoms with Crippen LogP contribution in [0.5, 0.6) is 0 Å². The monoisotopic (exact) mass is 262 g/mol. The number of para-hydroxylation sites is 1. The molecule has 6 heteroatoms. The van der Waals surface area contributed by atoms with Crippen molar-refractivity contribution in [1.29, 1.82) is 0 Å². The quantitative estimate of drug-likeness (QED) is 0.891. The predicted octanol–water partition coefficient (Wildman–Crippen LogP) is 1.49. The lowest BCUT2D eigenvalue weighted by Crippen LogP contribution is -2.35. The zero-order valence-corrected chi connectivity index (χ0v) is 10.6. The van der Waals surface area contributed by atoms with Crippen molar-refractivity contribution >= 4 is 5.69 Å². The number of rotatable bonds is 2. The molecule has 5 nitrogen and oxygen atoms in total. The highest BCUT2D eigenvalue weighted by Gasteiger charge is 2.23. The van der Waals surface area contributed by atoms with Gasteiger partial charge in [0.05, 0.1) is 18.3 Å². The first kappa shape index (κ1) is 12.1. The van der Waals surface area contributed by atoms with E-state index in [0.29, 0.717) is 24.3 Å². The van der Waals surface area contributed by atoms with Gasteiger partial charge in [0.2, 0.25) is 0 Å². The van der Waals surface area contributed by atoms with Gasteiger partial charge in [0.1, 0.15) is 12.1 Å². The Bertz CT molecular complexity index is 596. The SMILES string of the molecule is CC(O)c1cccc(F)c1N1CCn2cnnc2C1. The Balaban J connectivity index is 2.00. The minimum absolute atomic E-state index is 0.314. The van der Waals surface area contributed by atoms with Gasteiger partial charge in [-0.15, -0.1) is 10.2 Å². The first-order valence-electron chi connectivity index (χ1n) is 6.25. The summed E-state index contributed by atoms with van der Waals surface area (Å²) in [5, 5.41) is 17.7. The number of hydrogen-bond acceptors (Lipinski definition) is 4. The molecule has 1 aromatic carbocycles. The van der Waals surface area contributed by atoms with Gasteiger partial charge in [0.15, 0.2) is 5.82 Å². The van der Waals surface area contributed by atoms with Crippen molar-refractivity contribution in [3.8, 4) is 0 Å². The number of hydrogen-bond donors (Lipinski definition) is 1. The highest BCUT2D eigenvalue weighted by molar-refractivity contribution is 5.56. The molecule has 1 atom stereocenters. The molecule has 1 unspecified atom stereocenters. The standard InChI is InChI=1S/C13H15FN4O/c1-9(19)10-3-2-4-11(14)13(10)17-5-6-18-8-15-16-12(18)7-17/h2-4,8-9,19H,5-7H2,1H3. The summed E-state index contributed by atoms with van der Waals surface area (Å²) in [4.78, 5) is 1.90. The molecular weight excluding hydrogens is 247 g/mol. The van der Waals surface area contributed by atoms with Crippen LogP contribution in [-0.2, 0) is 13.1 Å². The van der Waals surface area contributed by atoms with Crippen LogP contribution in [0, 0.1) is 5.82 Å². The summed E-state index contributed by atoms with van der Waals surface area (Å²) in [5.74, 6) is 0.498. The van der Waals surface area contributed by atoms with Crippen molar-refractivity contribution in [2.45, 2.75) is 26.1 Å². The Morgan fingerprint density at radius 1 is 1.37 bits per heavy atom. The molecule has 1 N–H and O–H groups in total. The lowest BCUT2D eigenvalue weighted by atomic mass is 10.1. The van der Waals surface area contributed by atoms with Crippen molar-refractivity contribution < 1.29 is 9.50 Å². The Hall–Kier alpha value is -1.95. The Labute approximate surface area is 110 Å². The molecule has 2 heterocycles. The van der Waals surface area contributed by atoms with Gasteiger partial charge < -0.3 is 14.6 Å². The summed E-state index contributed by atoms with van der Waals surface area (Å²) in [7, 11) is 0. The highest BCUT2D eigenvalue weighted by Crippen LogP contribution is 2.31. The lowest BCUT2D eigenvalue weighted by molar-refractivity contribution is 0.199. The fraction of sp³-hybridized carbons (Fsp3) is 0.385. The van der Waals surface area contributed by atoms with E-state index in [1.165, 1.54) is 6.07 Å². The molecule has 2 aromatic rings. The molecule has 1 aliphatic heterocycles. The van der Waals surface area contributed by atoms with Crippen molar-refractivity contribution in [2.24, 2.45) is 0 Å². The third kappa shape index (κ3) is 2.08.